The van der Waals surface area contributed by atoms with Crippen molar-refractivity contribution in [3.63, 3.8) is 0 Å². The highest BCUT2D eigenvalue weighted by molar-refractivity contribution is 6.42. The molecular formula is C14H22Cl2N2O. The van der Waals surface area contributed by atoms with E-state index in [1.54, 1.807) is 6.07 Å². The van der Waals surface area contributed by atoms with Gasteiger partial charge in [0.25, 0.3) is 0 Å². The first-order chi connectivity index (χ1) is 9.19. The van der Waals surface area contributed by atoms with Gasteiger partial charge in [0, 0.05) is 19.6 Å². The predicted molar refractivity (Wildman–Crippen MR) is 82.6 cm³/mol. The summed E-state index contributed by atoms with van der Waals surface area (Å²) >= 11 is 11.9. The Bertz CT molecular complexity index is 370. The van der Waals surface area contributed by atoms with Crippen LogP contribution in [0.3, 0.4) is 0 Å². The molecule has 1 aromatic carbocycles. The van der Waals surface area contributed by atoms with E-state index in [0.717, 1.165) is 32.7 Å². The molecule has 0 aromatic heterocycles. The molecule has 0 saturated heterocycles. The highest BCUT2D eigenvalue weighted by atomic mass is 35.5. The summed E-state index contributed by atoms with van der Waals surface area (Å²) in [4.78, 5) is 2.38. The Kier molecular flexibility index (Phi) is 8.22. The van der Waals surface area contributed by atoms with Crippen molar-refractivity contribution in [1.29, 1.82) is 0 Å². The van der Waals surface area contributed by atoms with Crippen LogP contribution in [0.2, 0.25) is 10.0 Å². The lowest BCUT2D eigenvalue weighted by atomic mass is 10.3. The smallest absolute Gasteiger partial charge is 0.139 e. The van der Waals surface area contributed by atoms with Crippen molar-refractivity contribution < 1.29 is 4.74 Å². The second-order valence-corrected chi connectivity index (χ2v) is 4.96. The largest absolute Gasteiger partial charge is 0.491 e. The molecule has 5 heteroatoms. The lowest BCUT2D eigenvalue weighted by molar-refractivity contribution is 0.285. The molecule has 0 radical (unpaired) electrons. The fourth-order valence-corrected chi connectivity index (χ4v) is 2.08. The lowest BCUT2D eigenvalue weighted by Gasteiger charge is -2.18. The molecule has 1 aromatic rings. The number of likely N-dealkylation sites (N-methyl/N-ethyl adjacent to an activating group) is 1. The highest BCUT2D eigenvalue weighted by Gasteiger charge is 2.04. The van der Waals surface area contributed by atoms with E-state index in [0.29, 0.717) is 22.4 Å². The minimum atomic E-state index is 0.479. The fraction of sp³-hybridized carbons (Fsp3) is 0.571. The van der Waals surface area contributed by atoms with Crippen LogP contribution in [0.1, 0.15) is 13.8 Å². The van der Waals surface area contributed by atoms with Gasteiger partial charge in [-0.25, -0.2) is 0 Å². The number of nitrogens with zero attached hydrogens (tertiary/aromatic N) is 1. The Labute approximate surface area is 125 Å². The second-order valence-electron chi connectivity index (χ2n) is 4.18. The Morgan fingerprint density at radius 3 is 2.58 bits per heavy atom. The summed E-state index contributed by atoms with van der Waals surface area (Å²) in [5, 5.41) is 4.35. The molecule has 0 bridgehead atoms. The summed E-state index contributed by atoms with van der Waals surface area (Å²) in [6, 6.07) is 5.40. The Morgan fingerprint density at radius 1 is 1.16 bits per heavy atom. The average molecular weight is 305 g/mol. The summed E-state index contributed by atoms with van der Waals surface area (Å²) < 4.78 is 5.58. The van der Waals surface area contributed by atoms with Crippen LogP contribution in [-0.4, -0.2) is 44.2 Å². The molecule has 3 nitrogen and oxygen atoms in total. The van der Waals surface area contributed by atoms with E-state index in [2.05, 4.69) is 24.1 Å². The molecule has 0 fully saturated rings. The number of hydrogen-bond donors (Lipinski definition) is 1. The molecular weight excluding hydrogens is 283 g/mol. The zero-order valence-electron chi connectivity index (χ0n) is 11.6. The maximum atomic E-state index is 6.03. The summed E-state index contributed by atoms with van der Waals surface area (Å²) in [6.07, 6.45) is 0. The van der Waals surface area contributed by atoms with E-state index in [1.165, 1.54) is 0 Å². The van der Waals surface area contributed by atoms with Crippen LogP contribution in [-0.2, 0) is 0 Å². The van der Waals surface area contributed by atoms with Crippen LogP contribution in [0.5, 0.6) is 5.75 Å². The van der Waals surface area contributed by atoms with Gasteiger partial charge in [-0.1, -0.05) is 43.1 Å². The van der Waals surface area contributed by atoms with Gasteiger partial charge in [0.15, 0.2) is 0 Å². The molecule has 1 rings (SSSR count). The van der Waals surface area contributed by atoms with Gasteiger partial charge in [0.2, 0.25) is 0 Å². The summed E-state index contributed by atoms with van der Waals surface area (Å²) in [7, 11) is 0. The third-order valence-corrected chi connectivity index (χ3v) is 3.75. The molecule has 0 aliphatic carbocycles. The zero-order valence-corrected chi connectivity index (χ0v) is 13.1. The SMILES string of the molecule is CCN(CC)CCNCCOc1cccc(Cl)c1Cl. The first kappa shape index (κ1) is 16.6. The molecule has 0 heterocycles. The summed E-state index contributed by atoms with van der Waals surface area (Å²) in [5.41, 5.74) is 0. The van der Waals surface area contributed by atoms with Crippen molar-refractivity contribution >= 4 is 23.2 Å². The standard InChI is InChI=1S/C14H22Cl2N2O/c1-3-18(4-2)10-8-17-9-11-19-13-7-5-6-12(15)14(13)16/h5-7,17H,3-4,8-11H2,1-2H3. The Balaban J connectivity index is 2.16. The monoisotopic (exact) mass is 304 g/mol. The average Bonchev–Trinajstić information content (AvgIpc) is 2.42. The fourth-order valence-electron chi connectivity index (χ4n) is 1.73. The van der Waals surface area contributed by atoms with E-state index in [4.69, 9.17) is 27.9 Å². The van der Waals surface area contributed by atoms with Gasteiger partial charge >= 0.3 is 0 Å². The van der Waals surface area contributed by atoms with Crippen LogP contribution in [0, 0.1) is 0 Å². The van der Waals surface area contributed by atoms with Gasteiger partial charge in [0.05, 0.1) is 5.02 Å². The molecule has 1 N–H and O–H groups in total. The predicted octanol–water partition coefficient (Wildman–Crippen LogP) is 3.30. The summed E-state index contributed by atoms with van der Waals surface area (Å²) in [5.74, 6) is 0.639. The van der Waals surface area contributed by atoms with E-state index in [-0.39, 0.29) is 0 Å². The molecule has 0 unspecified atom stereocenters. The number of nitrogens with one attached hydrogen (secondary N) is 1. The van der Waals surface area contributed by atoms with Crippen LogP contribution < -0.4 is 10.1 Å². The van der Waals surface area contributed by atoms with Gasteiger partial charge in [0.1, 0.15) is 17.4 Å². The molecule has 0 saturated carbocycles. The number of halogens is 2. The lowest BCUT2D eigenvalue weighted by Crippen LogP contribution is -2.33. The van der Waals surface area contributed by atoms with Gasteiger partial charge in [-0.05, 0) is 25.2 Å². The van der Waals surface area contributed by atoms with Crippen molar-refractivity contribution in [1.82, 2.24) is 10.2 Å². The maximum Gasteiger partial charge on any atom is 0.139 e. The number of ether oxygens (including phenoxy) is 1. The van der Waals surface area contributed by atoms with Gasteiger partial charge < -0.3 is 15.0 Å². The summed E-state index contributed by atoms with van der Waals surface area (Å²) in [6.45, 7) is 9.93. The minimum absolute atomic E-state index is 0.479. The topological polar surface area (TPSA) is 24.5 Å². The minimum Gasteiger partial charge on any atom is -0.491 e. The van der Waals surface area contributed by atoms with E-state index in [1.807, 2.05) is 12.1 Å². The van der Waals surface area contributed by atoms with Crippen molar-refractivity contribution in [2.24, 2.45) is 0 Å². The van der Waals surface area contributed by atoms with Crippen LogP contribution >= 0.6 is 23.2 Å². The molecule has 0 aliphatic rings. The van der Waals surface area contributed by atoms with Gasteiger partial charge in [-0.3, -0.25) is 0 Å². The Morgan fingerprint density at radius 2 is 1.89 bits per heavy atom. The first-order valence-electron chi connectivity index (χ1n) is 6.68. The molecule has 108 valence electrons. The highest BCUT2D eigenvalue weighted by Crippen LogP contribution is 2.31. The van der Waals surface area contributed by atoms with Crippen LogP contribution in [0.4, 0.5) is 0 Å². The van der Waals surface area contributed by atoms with E-state index >= 15 is 0 Å². The van der Waals surface area contributed by atoms with Gasteiger partial charge in [-0.15, -0.1) is 0 Å². The maximum absolute atomic E-state index is 6.03. The van der Waals surface area contributed by atoms with Crippen molar-refractivity contribution in [3.05, 3.63) is 28.2 Å². The molecule has 0 spiro atoms. The Hall–Kier alpha value is -0.480. The van der Waals surface area contributed by atoms with Crippen LogP contribution in [0.15, 0.2) is 18.2 Å². The van der Waals surface area contributed by atoms with Gasteiger partial charge in [-0.2, -0.15) is 0 Å². The number of rotatable bonds is 9. The zero-order chi connectivity index (χ0) is 14.1. The molecule has 0 amide bonds. The molecule has 0 atom stereocenters. The van der Waals surface area contributed by atoms with Crippen molar-refractivity contribution in [2.75, 3.05) is 39.3 Å². The second kappa shape index (κ2) is 9.43. The third kappa shape index (κ3) is 6.00. The van der Waals surface area contributed by atoms with Crippen LogP contribution in [0.25, 0.3) is 0 Å². The first-order valence-corrected chi connectivity index (χ1v) is 7.44. The normalized spacial score (nSPS) is 11.0. The molecule has 0 aliphatic heterocycles. The van der Waals surface area contributed by atoms with Crippen molar-refractivity contribution in [3.8, 4) is 5.75 Å². The third-order valence-electron chi connectivity index (χ3n) is 2.95. The van der Waals surface area contributed by atoms with E-state index in [9.17, 15) is 0 Å². The quantitative estimate of drug-likeness (QED) is 0.709. The number of hydrogen-bond acceptors (Lipinski definition) is 3. The molecule has 19 heavy (non-hydrogen) atoms. The number of benzene rings is 1. The van der Waals surface area contributed by atoms with E-state index < -0.39 is 0 Å². The van der Waals surface area contributed by atoms with Crippen molar-refractivity contribution in [2.45, 2.75) is 13.8 Å².